The molecule has 6 nitrogen and oxygen atoms in total. The van der Waals surface area contributed by atoms with Gasteiger partial charge in [0.05, 0.1) is 5.56 Å². The molecule has 112 valence electrons. The SMILES string of the molecule is N#Cc1cn2cc(C(=O)NC3CC4CCN(C4)C3)ccc2n1. The van der Waals surface area contributed by atoms with Gasteiger partial charge in [-0.15, -0.1) is 0 Å². The molecule has 1 N–H and O–H groups in total. The quantitative estimate of drug-likeness (QED) is 0.898. The van der Waals surface area contributed by atoms with Gasteiger partial charge >= 0.3 is 0 Å². The molecule has 0 spiro atoms. The smallest absolute Gasteiger partial charge is 0.253 e. The van der Waals surface area contributed by atoms with E-state index < -0.39 is 0 Å². The number of aromatic nitrogens is 2. The van der Waals surface area contributed by atoms with Crippen LogP contribution in [-0.2, 0) is 0 Å². The van der Waals surface area contributed by atoms with Crippen LogP contribution in [-0.4, -0.2) is 45.9 Å². The van der Waals surface area contributed by atoms with Crippen LogP contribution in [0.1, 0.15) is 28.9 Å². The van der Waals surface area contributed by atoms with Crippen molar-refractivity contribution in [3.05, 3.63) is 35.8 Å². The molecule has 2 aliphatic heterocycles. The van der Waals surface area contributed by atoms with Gasteiger partial charge in [0.1, 0.15) is 11.7 Å². The number of hydrogen-bond donors (Lipinski definition) is 1. The second kappa shape index (κ2) is 5.11. The van der Waals surface area contributed by atoms with Crippen LogP contribution in [0.5, 0.6) is 0 Å². The number of nitrogens with zero attached hydrogens (tertiary/aromatic N) is 4. The lowest BCUT2D eigenvalue weighted by Gasteiger charge is -2.30. The Hall–Kier alpha value is -2.39. The normalized spacial score (nSPS) is 26.8. The standard InChI is InChI=1S/C16H17N5O/c17-6-14-10-21-8-12(1-2-15(21)18-14)16(22)19-13-5-11-3-4-20(7-11)9-13/h1-2,8,10-11,13H,3-5,7,9H2,(H,19,22). The maximum absolute atomic E-state index is 12.4. The van der Waals surface area contributed by atoms with Crippen molar-refractivity contribution < 1.29 is 4.79 Å². The minimum absolute atomic E-state index is 0.0541. The van der Waals surface area contributed by atoms with Crippen LogP contribution in [0.2, 0.25) is 0 Å². The lowest BCUT2D eigenvalue weighted by molar-refractivity contribution is 0.0909. The number of amides is 1. The average molecular weight is 295 g/mol. The van der Waals surface area contributed by atoms with Crippen LogP contribution in [0.4, 0.5) is 0 Å². The van der Waals surface area contributed by atoms with Gasteiger partial charge < -0.3 is 14.6 Å². The van der Waals surface area contributed by atoms with Gasteiger partial charge in [-0.2, -0.15) is 5.26 Å². The topological polar surface area (TPSA) is 73.4 Å². The third kappa shape index (κ3) is 2.34. The fraction of sp³-hybridized carbons (Fsp3) is 0.438. The summed E-state index contributed by atoms with van der Waals surface area (Å²) in [5.74, 6) is 0.676. The largest absolute Gasteiger partial charge is 0.348 e. The van der Waals surface area contributed by atoms with Crippen LogP contribution in [0, 0.1) is 17.2 Å². The Morgan fingerprint density at radius 3 is 3.09 bits per heavy atom. The maximum atomic E-state index is 12.4. The molecule has 4 rings (SSSR count). The van der Waals surface area contributed by atoms with Crippen molar-refractivity contribution in [1.82, 2.24) is 19.6 Å². The molecule has 1 amide bonds. The molecule has 0 aromatic carbocycles. The molecule has 2 aromatic heterocycles. The van der Waals surface area contributed by atoms with E-state index in [1.54, 1.807) is 28.9 Å². The number of carbonyl (C=O) groups is 1. The third-order valence-corrected chi connectivity index (χ3v) is 4.63. The van der Waals surface area contributed by atoms with E-state index in [0.29, 0.717) is 16.9 Å². The predicted octanol–water partition coefficient (Wildman–Crippen LogP) is 1.03. The number of rotatable bonds is 2. The van der Waals surface area contributed by atoms with E-state index >= 15 is 0 Å². The molecule has 6 heteroatoms. The van der Waals surface area contributed by atoms with Crippen LogP contribution < -0.4 is 5.32 Å². The Kier molecular flexibility index (Phi) is 3.09. The molecule has 0 saturated carbocycles. The molecule has 2 fully saturated rings. The molecule has 0 radical (unpaired) electrons. The number of nitriles is 1. The highest BCUT2D eigenvalue weighted by Crippen LogP contribution is 2.26. The fourth-order valence-corrected chi connectivity index (χ4v) is 3.61. The van der Waals surface area contributed by atoms with Crippen molar-refractivity contribution in [3.8, 4) is 6.07 Å². The zero-order chi connectivity index (χ0) is 15.1. The molecule has 2 aromatic rings. The van der Waals surface area contributed by atoms with E-state index in [4.69, 9.17) is 5.26 Å². The molecule has 3 unspecified atom stereocenters. The molecule has 22 heavy (non-hydrogen) atoms. The second-order valence-corrected chi connectivity index (χ2v) is 6.24. The second-order valence-electron chi connectivity index (χ2n) is 6.24. The molecule has 0 aliphatic carbocycles. The number of pyridine rings is 1. The first-order chi connectivity index (χ1) is 10.7. The Bertz CT molecular complexity index is 762. The summed E-state index contributed by atoms with van der Waals surface area (Å²) in [5.41, 5.74) is 1.63. The van der Waals surface area contributed by atoms with Gasteiger partial charge in [0.25, 0.3) is 5.91 Å². The summed E-state index contributed by atoms with van der Waals surface area (Å²) in [6.07, 6.45) is 5.70. The Balaban J connectivity index is 1.51. The minimum Gasteiger partial charge on any atom is -0.348 e. The Labute approximate surface area is 128 Å². The van der Waals surface area contributed by atoms with Gasteiger partial charge in [-0.1, -0.05) is 0 Å². The molecular formula is C16H17N5O. The summed E-state index contributed by atoms with van der Waals surface area (Å²) < 4.78 is 1.72. The summed E-state index contributed by atoms with van der Waals surface area (Å²) in [7, 11) is 0. The number of hydrogen-bond acceptors (Lipinski definition) is 4. The molecule has 2 aliphatic rings. The van der Waals surface area contributed by atoms with E-state index in [0.717, 1.165) is 25.4 Å². The fourth-order valence-electron chi connectivity index (χ4n) is 3.61. The molecular weight excluding hydrogens is 278 g/mol. The van der Waals surface area contributed by atoms with Crippen LogP contribution in [0.15, 0.2) is 24.5 Å². The zero-order valence-corrected chi connectivity index (χ0v) is 12.2. The van der Waals surface area contributed by atoms with Crippen molar-refractivity contribution >= 4 is 11.6 Å². The number of fused-ring (bicyclic) bond motifs is 3. The Morgan fingerprint density at radius 1 is 1.36 bits per heavy atom. The monoisotopic (exact) mass is 295 g/mol. The summed E-state index contributed by atoms with van der Waals surface area (Å²) in [5, 5.41) is 12.0. The van der Waals surface area contributed by atoms with Crippen molar-refractivity contribution in [2.24, 2.45) is 5.92 Å². The van der Waals surface area contributed by atoms with E-state index in [9.17, 15) is 4.79 Å². The number of nitrogens with one attached hydrogen (secondary N) is 1. The van der Waals surface area contributed by atoms with Gasteiger partial charge in [0.15, 0.2) is 5.69 Å². The van der Waals surface area contributed by atoms with E-state index in [1.165, 1.54) is 13.0 Å². The Morgan fingerprint density at radius 2 is 2.27 bits per heavy atom. The lowest BCUT2D eigenvalue weighted by atomic mass is 9.96. The lowest BCUT2D eigenvalue weighted by Crippen LogP contribution is -2.47. The van der Waals surface area contributed by atoms with Gasteiger partial charge in [-0.3, -0.25) is 4.79 Å². The van der Waals surface area contributed by atoms with E-state index in [1.807, 2.05) is 6.07 Å². The average Bonchev–Trinajstić information content (AvgIpc) is 3.09. The summed E-state index contributed by atoms with van der Waals surface area (Å²) in [6.45, 7) is 3.30. The van der Waals surface area contributed by atoms with Gasteiger partial charge in [-0.25, -0.2) is 4.98 Å². The third-order valence-electron chi connectivity index (χ3n) is 4.63. The summed E-state index contributed by atoms with van der Waals surface area (Å²) in [6, 6.07) is 5.78. The first-order valence-electron chi connectivity index (χ1n) is 7.63. The number of piperidine rings is 1. The van der Waals surface area contributed by atoms with E-state index in [-0.39, 0.29) is 11.9 Å². The van der Waals surface area contributed by atoms with Gasteiger partial charge in [0, 0.05) is 31.5 Å². The molecule has 4 heterocycles. The predicted molar refractivity (Wildman–Crippen MR) is 80.3 cm³/mol. The van der Waals surface area contributed by atoms with Crippen molar-refractivity contribution in [2.45, 2.75) is 18.9 Å². The maximum Gasteiger partial charge on any atom is 0.253 e. The highest BCUT2D eigenvalue weighted by atomic mass is 16.1. The summed E-state index contributed by atoms with van der Waals surface area (Å²) >= 11 is 0. The van der Waals surface area contributed by atoms with Crippen molar-refractivity contribution in [3.63, 3.8) is 0 Å². The molecule has 2 bridgehead atoms. The zero-order valence-electron chi connectivity index (χ0n) is 12.2. The number of carbonyl (C=O) groups excluding carboxylic acids is 1. The number of imidazole rings is 1. The van der Waals surface area contributed by atoms with Crippen molar-refractivity contribution in [2.75, 3.05) is 19.6 Å². The van der Waals surface area contributed by atoms with Gasteiger partial charge in [0.2, 0.25) is 0 Å². The highest BCUT2D eigenvalue weighted by molar-refractivity contribution is 5.94. The van der Waals surface area contributed by atoms with Crippen LogP contribution in [0.25, 0.3) is 5.65 Å². The minimum atomic E-state index is -0.0541. The first-order valence-corrected chi connectivity index (χ1v) is 7.63. The van der Waals surface area contributed by atoms with E-state index in [2.05, 4.69) is 15.2 Å². The highest BCUT2D eigenvalue weighted by Gasteiger charge is 2.32. The van der Waals surface area contributed by atoms with Gasteiger partial charge in [-0.05, 0) is 37.4 Å². The first kappa shape index (κ1) is 13.3. The van der Waals surface area contributed by atoms with Crippen molar-refractivity contribution in [1.29, 1.82) is 5.26 Å². The summed E-state index contributed by atoms with van der Waals surface area (Å²) in [4.78, 5) is 19.0. The van der Waals surface area contributed by atoms with Crippen LogP contribution in [0.3, 0.4) is 0 Å². The molecule has 2 saturated heterocycles. The molecule has 3 atom stereocenters. The van der Waals surface area contributed by atoms with Crippen LogP contribution >= 0.6 is 0 Å².